The van der Waals surface area contributed by atoms with Crippen LogP contribution in [0, 0.1) is 6.92 Å². The fourth-order valence-electron chi connectivity index (χ4n) is 2.80. The Morgan fingerprint density at radius 2 is 1.76 bits per heavy atom. The van der Waals surface area contributed by atoms with E-state index in [2.05, 4.69) is 10.3 Å². The summed E-state index contributed by atoms with van der Waals surface area (Å²) in [6.45, 7) is 3.55. The SMILES string of the molecule is CC(=O)c1ccc(-c2ccc(/C=C3/SC(=Nc4ccc(C)cc4)NC3=O)o2)cc1. The predicted octanol–water partition coefficient (Wildman–Crippen LogP) is 5.35. The summed E-state index contributed by atoms with van der Waals surface area (Å²) in [5.41, 5.74) is 3.46. The Labute approximate surface area is 172 Å². The molecule has 1 fully saturated rings. The third-order valence-electron chi connectivity index (χ3n) is 4.39. The van der Waals surface area contributed by atoms with Gasteiger partial charge < -0.3 is 9.73 Å². The summed E-state index contributed by atoms with van der Waals surface area (Å²) in [5.74, 6) is 1.06. The summed E-state index contributed by atoms with van der Waals surface area (Å²) >= 11 is 1.28. The van der Waals surface area contributed by atoms with Gasteiger partial charge in [0.1, 0.15) is 11.5 Å². The molecule has 3 aromatic rings. The number of rotatable bonds is 4. The van der Waals surface area contributed by atoms with Gasteiger partial charge in [0.25, 0.3) is 5.91 Å². The van der Waals surface area contributed by atoms with Gasteiger partial charge in [0, 0.05) is 17.2 Å². The standard InChI is InChI=1S/C23H18N2O3S/c1-14-3-9-18(10-4-14)24-23-25-22(27)21(29-23)13-19-11-12-20(28-19)17-7-5-16(6-8-17)15(2)26/h3-13H,1-2H3,(H,24,25,27)/b21-13+. The van der Waals surface area contributed by atoms with Gasteiger partial charge in [0.05, 0.1) is 10.6 Å². The van der Waals surface area contributed by atoms with E-state index >= 15 is 0 Å². The first-order valence-corrected chi connectivity index (χ1v) is 9.87. The fraction of sp³-hybridized carbons (Fsp3) is 0.0870. The van der Waals surface area contributed by atoms with Crippen molar-refractivity contribution in [3.8, 4) is 11.3 Å². The molecule has 0 unspecified atom stereocenters. The molecular formula is C23H18N2O3S. The highest BCUT2D eigenvalue weighted by Gasteiger charge is 2.24. The van der Waals surface area contributed by atoms with E-state index in [-0.39, 0.29) is 11.7 Å². The molecule has 0 bridgehead atoms. The van der Waals surface area contributed by atoms with Gasteiger partial charge in [-0.1, -0.05) is 42.0 Å². The lowest BCUT2D eigenvalue weighted by atomic mass is 10.1. The van der Waals surface area contributed by atoms with Crippen molar-refractivity contribution in [1.29, 1.82) is 0 Å². The van der Waals surface area contributed by atoms with Crippen molar-refractivity contribution in [1.82, 2.24) is 5.32 Å². The molecule has 6 heteroatoms. The van der Waals surface area contributed by atoms with Gasteiger partial charge in [-0.2, -0.15) is 0 Å². The zero-order valence-corrected chi connectivity index (χ0v) is 16.7. The van der Waals surface area contributed by atoms with Gasteiger partial charge in [0.2, 0.25) is 0 Å². The first-order valence-electron chi connectivity index (χ1n) is 9.05. The van der Waals surface area contributed by atoms with Gasteiger partial charge in [-0.05, 0) is 49.9 Å². The highest BCUT2D eigenvalue weighted by atomic mass is 32.2. The van der Waals surface area contributed by atoms with E-state index in [1.807, 2.05) is 55.5 Å². The molecule has 5 nitrogen and oxygen atoms in total. The van der Waals surface area contributed by atoms with Crippen LogP contribution in [0.3, 0.4) is 0 Å². The summed E-state index contributed by atoms with van der Waals surface area (Å²) < 4.78 is 5.85. The van der Waals surface area contributed by atoms with Crippen molar-refractivity contribution in [2.45, 2.75) is 13.8 Å². The number of Topliss-reactive ketones (excluding diaryl/α,β-unsaturated/α-hetero) is 1. The second-order valence-electron chi connectivity index (χ2n) is 6.65. The summed E-state index contributed by atoms with van der Waals surface area (Å²) in [5, 5.41) is 3.31. The number of hydrogen-bond acceptors (Lipinski definition) is 5. The minimum atomic E-state index is -0.204. The van der Waals surface area contributed by atoms with Crippen LogP contribution < -0.4 is 5.32 Å². The topological polar surface area (TPSA) is 71.7 Å². The predicted molar refractivity (Wildman–Crippen MR) is 116 cm³/mol. The molecule has 144 valence electrons. The van der Waals surface area contributed by atoms with Gasteiger partial charge >= 0.3 is 0 Å². The number of ketones is 1. The molecule has 29 heavy (non-hydrogen) atoms. The smallest absolute Gasteiger partial charge is 0.264 e. The number of thioether (sulfide) groups is 1. The average Bonchev–Trinajstić information content (AvgIpc) is 3.31. The van der Waals surface area contributed by atoms with Crippen LogP contribution >= 0.6 is 11.8 Å². The second kappa shape index (κ2) is 7.93. The number of carbonyl (C=O) groups excluding carboxylic acids is 2. The monoisotopic (exact) mass is 402 g/mol. The lowest BCUT2D eigenvalue weighted by Crippen LogP contribution is -2.19. The summed E-state index contributed by atoms with van der Waals surface area (Å²) in [4.78, 5) is 28.6. The third kappa shape index (κ3) is 4.38. The number of amidine groups is 1. The van der Waals surface area contributed by atoms with Crippen LogP contribution in [0.5, 0.6) is 0 Å². The Balaban J connectivity index is 1.52. The fourth-order valence-corrected chi connectivity index (χ4v) is 3.62. The first-order chi connectivity index (χ1) is 14.0. The maximum Gasteiger partial charge on any atom is 0.264 e. The number of benzene rings is 2. The highest BCUT2D eigenvalue weighted by Crippen LogP contribution is 2.30. The molecule has 2 aromatic carbocycles. The molecule has 1 N–H and O–H groups in total. The van der Waals surface area contributed by atoms with Crippen molar-refractivity contribution >= 4 is 40.4 Å². The second-order valence-corrected chi connectivity index (χ2v) is 7.68. The van der Waals surface area contributed by atoms with Crippen molar-refractivity contribution in [3.05, 3.63) is 82.5 Å². The largest absolute Gasteiger partial charge is 0.457 e. The Bertz CT molecular complexity index is 1140. The molecule has 0 aliphatic carbocycles. The summed E-state index contributed by atoms with van der Waals surface area (Å²) in [6.07, 6.45) is 1.70. The molecule has 1 amide bonds. The van der Waals surface area contributed by atoms with E-state index in [9.17, 15) is 9.59 Å². The third-order valence-corrected chi connectivity index (χ3v) is 5.30. The maximum absolute atomic E-state index is 12.3. The van der Waals surface area contributed by atoms with E-state index in [1.54, 1.807) is 18.2 Å². The number of carbonyl (C=O) groups is 2. The lowest BCUT2D eigenvalue weighted by Gasteiger charge is -1.99. The number of nitrogens with one attached hydrogen (secondary N) is 1. The Morgan fingerprint density at radius 1 is 1.03 bits per heavy atom. The molecule has 0 spiro atoms. The van der Waals surface area contributed by atoms with E-state index in [0.29, 0.717) is 27.2 Å². The molecule has 0 saturated carbocycles. The Kier molecular flexibility index (Phi) is 5.18. The van der Waals surface area contributed by atoms with Crippen LogP contribution in [0.4, 0.5) is 5.69 Å². The highest BCUT2D eigenvalue weighted by molar-refractivity contribution is 8.18. The summed E-state index contributed by atoms with van der Waals surface area (Å²) in [7, 11) is 0. The lowest BCUT2D eigenvalue weighted by molar-refractivity contribution is -0.115. The molecule has 1 saturated heterocycles. The number of furan rings is 1. The van der Waals surface area contributed by atoms with Crippen molar-refractivity contribution in [3.63, 3.8) is 0 Å². The van der Waals surface area contributed by atoms with Crippen molar-refractivity contribution in [2.24, 2.45) is 4.99 Å². The van der Waals surface area contributed by atoms with Crippen LogP contribution in [-0.4, -0.2) is 16.9 Å². The number of nitrogens with zero attached hydrogens (tertiary/aromatic N) is 1. The zero-order chi connectivity index (χ0) is 20.4. The molecule has 2 heterocycles. The normalized spacial score (nSPS) is 16.4. The maximum atomic E-state index is 12.3. The minimum Gasteiger partial charge on any atom is -0.457 e. The molecule has 1 aliphatic rings. The quantitative estimate of drug-likeness (QED) is 0.472. The van der Waals surface area contributed by atoms with Crippen molar-refractivity contribution in [2.75, 3.05) is 0 Å². The van der Waals surface area contributed by atoms with E-state index in [1.165, 1.54) is 18.7 Å². The minimum absolute atomic E-state index is 0.0220. The van der Waals surface area contributed by atoms with Crippen LogP contribution in [0.25, 0.3) is 17.4 Å². The first kappa shape index (κ1) is 19.0. The summed E-state index contributed by atoms with van der Waals surface area (Å²) in [6, 6.07) is 18.7. The van der Waals surface area contributed by atoms with Crippen molar-refractivity contribution < 1.29 is 14.0 Å². The average molecular weight is 402 g/mol. The van der Waals surface area contributed by atoms with E-state index in [4.69, 9.17) is 4.42 Å². The van der Waals surface area contributed by atoms with Crippen LogP contribution in [0.1, 0.15) is 28.6 Å². The van der Waals surface area contributed by atoms with Crippen LogP contribution in [-0.2, 0) is 4.79 Å². The van der Waals surface area contributed by atoms with E-state index < -0.39 is 0 Å². The number of hydrogen-bond donors (Lipinski definition) is 1. The molecule has 1 aromatic heterocycles. The number of aryl methyl sites for hydroxylation is 1. The van der Waals surface area contributed by atoms with Crippen LogP contribution in [0.2, 0.25) is 0 Å². The van der Waals surface area contributed by atoms with Gasteiger partial charge in [0.15, 0.2) is 11.0 Å². The Hall–Kier alpha value is -3.38. The molecule has 1 aliphatic heterocycles. The van der Waals surface area contributed by atoms with Gasteiger partial charge in [-0.3, -0.25) is 9.59 Å². The number of amides is 1. The van der Waals surface area contributed by atoms with E-state index in [0.717, 1.165) is 16.8 Å². The molecule has 0 radical (unpaired) electrons. The molecular weight excluding hydrogens is 384 g/mol. The number of aliphatic imine (C=N–C) groups is 1. The molecule has 0 atom stereocenters. The molecule has 4 rings (SSSR count). The Morgan fingerprint density at radius 3 is 2.45 bits per heavy atom. The van der Waals surface area contributed by atoms with Crippen LogP contribution in [0.15, 0.2) is 75.0 Å². The van der Waals surface area contributed by atoms with Gasteiger partial charge in [-0.25, -0.2) is 4.99 Å². The zero-order valence-electron chi connectivity index (χ0n) is 15.9. The van der Waals surface area contributed by atoms with Gasteiger partial charge in [-0.15, -0.1) is 0 Å².